The van der Waals surface area contributed by atoms with Crippen molar-refractivity contribution in [2.45, 2.75) is 65.0 Å². The summed E-state index contributed by atoms with van der Waals surface area (Å²) < 4.78 is 0. The summed E-state index contributed by atoms with van der Waals surface area (Å²) in [7, 11) is 0. The fraction of sp³-hybridized carbons (Fsp3) is 0.667. The molecule has 24 heavy (non-hydrogen) atoms. The minimum Gasteiger partial charge on any atom is -0.349 e. The number of amides is 1. The molecule has 1 aromatic rings. The third-order valence-electron chi connectivity index (χ3n) is 5.49. The second-order valence-electron chi connectivity index (χ2n) is 6.77. The first-order valence-corrected chi connectivity index (χ1v) is 8.88. The molecule has 3 heterocycles. The molecule has 0 unspecified atom stereocenters. The number of anilines is 1. The zero-order chi connectivity index (χ0) is 17.3. The van der Waals surface area contributed by atoms with E-state index in [-0.39, 0.29) is 18.0 Å². The lowest BCUT2D eigenvalue weighted by atomic mass is 10.0. The van der Waals surface area contributed by atoms with Crippen molar-refractivity contribution in [2.75, 3.05) is 18.0 Å². The van der Waals surface area contributed by atoms with Crippen LogP contribution < -0.4 is 4.90 Å². The highest BCUT2D eigenvalue weighted by molar-refractivity contribution is 5.76. The van der Waals surface area contributed by atoms with Crippen LogP contribution in [0, 0.1) is 25.2 Å². The third-order valence-corrected chi connectivity index (χ3v) is 5.49. The molecule has 0 bridgehead atoms. The Morgan fingerprint density at radius 2 is 1.92 bits per heavy atom. The summed E-state index contributed by atoms with van der Waals surface area (Å²) in [6.45, 7) is 7.46. The van der Waals surface area contributed by atoms with Crippen molar-refractivity contribution in [1.82, 2.24) is 15.1 Å². The number of hydrogen-bond acceptors (Lipinski definition) is 5. The molecule has 2 aliphatic heterocycles. The van der Waals surface area contributed by atoms with Gasteiger partial charge in [-0.2, -0.15) is 10.4 Å². The van der Waals surface area contributed by atoms with Crippen LogP contribution >= 0.6 is 0 Å². The molecule has 2 saturated heterocycles. The van der Waals surface area contributed by atoms with Gasteiger partial charge in [0.05, 0.1) is 17.8 Å². The Hall–Kier alpha value is -2.16. The topological polar surface area (TPSA) is 73.1 Å². The zero-order valence-corrected chi connectivity index (χ0v) is 14.7. The summed E-state index contributed by atoms with van der Waals surface area (Å²) in [5.74, 6) is 0.926. The number of rotatable bonds is 3. The third kappa shape index (κ3) is 2.72. The number of nitrogens with zero attached hydrogens (tertiary/aromatic N) is 5. The van der Waals surface area contributed by atoms with Gasteiger partial charge < -0.3 is 9.80 Å². The fourth-order valence-electron chi connectivity index (χ4n) is 4.09. The average molecular weight is 327 g/mol. The molecule has 2 fully saturated rings. The number of carbonyl (C=O) groups excluding carboxylic acids is 1. The maximum Gasteiger partial charge on any atom is 0.222 e. The first kappa shape index (κ1) is 16.7. The number of nitriles is 1. The molecule has 2 aliphatic rings. The summed E-state index contributed by atoms with van der Waals surface area (Å²) in [5.41, 5.74) is 2.33. The predicted molar refractivity (Wildman–Crippen MR) is 91.6 cm³/mol. The quantitative estimate of drug-likeness (QED) is 0.852. The van der Waals surface area contributed by atoms with E-state index in [0.29, 0.717) is 17.8 Å². The first-order valence-electron chi connectivity index (χ1n) is 8.88. The van der Waals surface area contributed by atoms with E-state index in [4.69, 9.17) is 0 Å². The van der Waals surface area contributed by atoms with Crippen molar-refractivity contribution < 1.29 is 4.79 Å². The molecule has 1 aromatic heterocycles. The van der Waals surface area contributed by atoms with E-state index in [9.17, 15) is 10.1 Å². The van der Waals surface area contributed by atoms with Gasteiger partial charge in [-0.15, -0.1) is 5.10 Å². The summed E-state index contributed by atoms with van der Waals surface area (Å²) in [4.78, 5) is 16.5. The van der Waals surface area contributed by atoms with Gasteiger partial charge in [0.15, 0.2) is 5.82 Å². The second-order valence-corrected chi connectivity index (χ2v) is 6.77. The van der Waals surface area contributed by atoms with Gasteiger partial charge in [0.2, 0.25) is 5.91 Å². The Kier molecular flexibility index (Phi) is 4.70. The summed E-state index contributed by atoms with van der Waals surface area (Å²) in [6, 6.07) is 2.79. The molecule has 0 aliphatic carbocycles. The van der Waals surface area contributed by atoms with Crippen molar-refractivity contribution in [3.05, 3.63) is 16.8 Å². The smallest absolute Gasteiger partial charge is 0.222 e. The Labute approximate surface area is 143 Å². The van der Waals surface area contributed by atoms with Crippen LogP contribution in [-0.2, 0) is 4.79 Å². The molecule has 2 atom stereocenters. The summed E-state index contributed by atoms with van der Waals surface area (Å²) in [6.07, 6.45) is 4.75. The van der Waals surface area contributed by atoms with Crippen molar-refractivity contribution in [3.63, 3.8) is 0 Å². The highest BCUT2D eigenvalue weighted by atomic mass is 16.2. The van der Waals surface area contributed by atoms with E-state index in [2.05, 4.69) is 21.2 Å². The number of aromatic nitrogens is 2. The van der Waals surface area contributed by atoms with Crippen LogP contribution in [0.5, 0.6) is 0 Å². The molecule has 6 nitrogen and oxygen atoms in total. The van der Waals surface area contributed by atoms with Gasteiger partial charge in [0, 0.05) is 19.5 Å². The van der Waals surface area contributed by atoms with E-state index in [1.165, 1.54) is 0 Å². The van der Waals surface area contributed by atoms with Crippen molar-refractivity contribution in [2.24, 2.45) is 0 Å². The molecule has 0 radical (unpaired) electrons. The van der Waals surface area contributed by atoms with E-state index in [1.807, 2.05) is 25.7 Å². The molecule has 0 aromatic carbocycles. The van der Waals surface area contributed by atoms with Crippen molar-refractivity contribution in [3.8, 4) is 6.07 Å². The SMILES string of the molecule is CCC(=O)N1CCC[C@@H]1[C@H]1CCCN1c1nnc(C)c(C)c1C#N. The Morgan fingerprint density at radius 3 is 2.62 bits per heavy atom. The second kappa shape index (κ2) is 6.76. The molecule has 0 spiro atoms. The molecule has 3 rings (SSSR count). The van der Waals surface area contributed by atoms with Crippen LogP contribution in [0.1, 0.15) is 55.8 Å². The minimum atomic E-state index is 0.231. The van der Waals surface area contributed by atoms with Crippen molar-refractivity contribution in [1.29, 1.82) is 5.26 Å². The average Bonchev–Trinajstić information content (AvgIpc) is 3.24. The molecule has 0 saturated carbocycles. The molecular formula is C18H25N5O. The lowest BCUT2D eigenvalue weighted by molar-refractivity contribution is -0.132. The highest BCUT2D eigenvalue weighted by Gasteiger charge is 2.40. The number of carbonyl (C=O) groups is 1. The lowest BCUT2D eigenvalue weighted by Crippen LogP contribution is -2.48. The van der Waals surface area contributed by atoms with Gasteiger partial charge in [0.1, 0.15) is 11.6 Å². The Bertz CT molecular complexity index is 681. The first-order chi connectivity index (χ1) is 11.6. The maximum atomic E-state index is 12.3. The Morgan fingerprint density at radius 1 is 1.21 bits per heavy atom. The van der Waals surface area contributed by atoms with Gasteiger partial charge >= 0.3 is 0 Å². The van der Waals surface area contributed by atoms with Gasteiger partial charge in [-0.3, -0.25) is 4.79 Å². The summed E-state index contributed by atoms with van der Waals surface area (Å²) >= 11 is 0. The van der Waals surface area contributed by atoms with Gasteiger partial charge in [0.25, 0.3) is 0 Å². The Balaban J connectivity index is 1.93. The standard InChI is InChI=1S/C18H25N5O/c1-4-17(24)22-9-5-7-15(22)16-8-6-10-23(16)18-14(11-19)12(2)13(3)20-21-18/h15-16H,4-10H2,1-3H3/t15-,16-/m1/s1. The van der Waals surface area contributed by atoms with Gasteiger partial charge in [-0.1, -0.05) is 6.92 Å². The van der Waals surface area contributed by atoms with E-state index < -0.39 is 0 Å². The van der Waals surface area contributed by atoms with Crippen molar-refractivity contribution >= 4 is 11.7 Å². The molecular weight excluding hydrogens is 302 g/mol. The lowest BCUT2D eigenvalue weighted by Gasteiger charge is -2.35. The fourth-order valence-corrected chi connectivity index (χ4v) is 4.09. The van der Waals surface area contributed by atoms with E-state index >= 15 is 0 Å². The van der Waals surface area contributed by atoms with Gasteiger partial charge in [-0.05, 0) is 45.1 Å². The summed E-state index contributed by atoms with van der Waals surface area (Å²) in [5, 5.41) is 18.2. The van der Waals surface area contributed by atoms with Crippen LogP contribution in [0.15, 0.2) is 0 Å². The maximum absolute atomic E-state index is 12.3. The van der Waals surface area contributed by atoms with E-state index in [1.54, 1.807) is 0 Å². The molecule has 6 heteroatoms. The number of hydrogen-bond donors (Lipinski definition) is 0. The van der Waals surface area contributed by atoms with Crippen LogP contribution in [0.4, 0.5) is 5.82 Å². The largest absolute Gasteiger partial charge is 0.349 e. The highest BCUT2D eigenvalue weighted by Crippen LogP contribution is 2.34. The van der Waals surface area contributed by atoms with Crippen LogP contribution in [-0.4, -0.2) is 46.2 Å². The predicted octanol–water partition coefficient (Wildman–Crippen LogP) is 2.33. The number of aryl methyl sites for hydroxylation is 1. The van der Waals surface area contributed by atoms with Gasteiger partial charge in [-0.25, -0.2) is 0 Å². The monoisotopic (exact) mass is 327 g/mol. The van der Waals surface area contributed by atoms with Crippen LogP contribution in [0.25, 0.3) is 0 Å². The van der Waals surface area contributed by atoms with Crippen LogP contribution in [0.3, 0.4) is 0 Å². The molecule has 128 valence electrons. The number of likely N-dealkylation sites (tertiary alicyclic amines) is 1. The minimum absolute atomic E-state index is 0.231. The van der Waals surface area contributed by atoms with Crippen LogP contribution in [0.2, 0.25) is 0 Å². The van der Waals surface area contributed by atoms with E-state index in [0.717, 1.165) is 50.0 Å². The zero-order valence-electron chi connectivity index (χ0n) is 14.7. The molecule has 1 amide bonds. The normalized spacial score (nSPS) is 23.6. The molecule has 0 N–H and O–H groups in total.